The molecule has 0 radical (unpaired) electrons. The van der Waals surface area contributed by atoms with Crippen molar-refractivity contribution in [1.29, 1.82) is 0 Å². The molecule has 1 heterocycles. The summed E-state index contributed by atoms with van der Waals surface area (Å²) in [5.74, 6) is 0.774. The number of aromatic nitrogens is 2. The summed E-state index contributed by atoms with van der Waals surface area (Å²) in [6, 6.07) is 2.83. The van der Waals surface area contributed by atoms with E-state index in [0.29, 0.717) is 6.04 Å². The van der Waals surface area contributed by atoms with E-state index in [-0.39, 0.29) is 0 Å². The van der Waals surface area contributed by atoms with Crippen LogP contribution in [-0.2, 0) is 13.0 Å². The van der Waals surface area contributed by atoms with Gasteiger partial charge in [-0.25, -0.2) is 0 Å². The van der Waals surface area contributed by atoms with Crippen LogP contribution >= 0.6 is 0 Å². The largest absolute Gasteiger partial charge is 0.314 e. The Hall–Kier alpha value is -0.830. The fourth-order valence-electron chi connectivity index (χ4n) is 3.09. The Kier molecular flexibility index (Phi) is 7.90. The van der Waals surface area contributed by atoms with Gasteiger partial charge in [-0.05, 0) is 38.8 Å². The molecule has 0 spiro atoms. The van der Waals surface area contributed by atoms with Crippen LogP contribution in [0.4, 0.5) is 0 Å². The number of hydrogen-bond donors (Lipinski definition) is 1. The van der Waals surface area contributed by atoms with Crippen molar-refractivity contribution in [3.05, 3.63) is 17.5 Å². The number of aryl methyl sites for hydroxylation is 2. The van der Waals surface area contributed by atoms with Crippen LogP contribution in [0.25, 0.3) is 0 Å². The van der Waals surface area contributed by atoms with Gasteiger partial charge in [0.2, 0.25) is 0 Å². The molecular weight excluding hydrogens is 246 g/mol. The number of unbranched alkanes of at least 4 members (excludes halogenated alkanes) is 1. The predicted octanol–water partition coefficient (Wildman–Crippen LogP) is 3.95. The van der Waals surface area contributed by atoms with Gasteiger partial charge >= 0.3 is 0 Å². The Morgan fingerprint density at radius 3 is 2.55 bits per heavy atom. The van der Waals surface area contributed by atoms with E-state index in [0.717, 1.165) is 31.1 Å². The molecule has 2 atom stereocenters. The van der Waals surface area contributed by atoms with Gasteiger partial charge in [0.1, 0.15) is 0 Å². The minimum Gasteiger partial charge on any atom is -0.314 e. The Balaban J connectivity index is 2.78. The highest BCUT2D eigenvalue weighted by molar-refractivity contribution is 5.11. The summed E-state index contributed by atoms with van der Waals surface area (Å²) in [5, 5.41) is 8.29. The number of rotatable bonds is 10. The van der Waals surface area contributed by atoms with E-state index in [9.17, 15) is 0 Å². The van der Waals surface area contributed by atoms with Gasteiger partial charge in [-0.1, -0.05) is 40.0 Å². The molecule has 0 aliphatic rings. The molecule has 1 rings (SSSR count). The van der Waals surface area contributed by atoms with E-state index in [2.05, 4.69) is 55.8 Å². The zero-order valence-electron chi connectivity index (χ0n) is 14.1. The van der Waals surface area contributed by atoms with Crippen molar-refractivity contribution < 1.29 is 0 Å². The third-order valence-corrected chi connectivity index (χ3v) is 4.20. The van der Waals surface area contributed by atoms with E-state index >= 15 is 0 Å². The van der Waals surface area contributed by atoms with Crippen LogP contribution in [0.15, 0.2) is 6.07 Å². The molecule has 20 heavy (non-hydrogen) atoms. The molecule has 1 N–H and O–H groups in total. The third-order valence-electron chi connectivity index (χ3n) is 4.20. The lowest BCUT2D eigenvalue weighted by Crippen LogP contribution is -2.38. The number of nitrogens with zero attached hydrogens (tertiary/aromatic N) is 2. The highest BCUT2D eigenvalue weighted by Crippen LogP contribution is 2.20. The van der Waals surface area contributed by atoms with Gasteiger partial charge in [0, 0.05) is 24.7 Å². The fraction of sp³-hybridized carbons (Fsp3) is 0.824. The summed E-state index contributed by atoms with van der Waals surface area (Å²) in [7, 11) is 0. The second-order valence-electron chi connectivity index (χ2n) is 5.77. The summed E-state index contributed by atoms with van der Waals surface area (Å²) in [4.78, 5) is 0. The molecule has 3 nitrogen and oxygen atoms in total. The standard InChI is InChI=1S/C17H33N3/c1-6-10-11-15(7-2)17(18-8-3)13-16-12-14(5)19-20(16)9-4/h12,15,17-18H,6-11,13H2,1-5H3. The first kappa shape index (κ1) is 17.2. The molecule has 0 saturated heterocycles. The summed E-state index contributed by atoms with van der Waals surface area (Å²) in [5.41, 5.74) is 2.52. The SMILES string of the molecule is CCCCC(CC)C(Cc1cc(C)nn1CC)NCC. The molecule has 0 saturated carbocycles. The number of hydrogen-bond acceptors (Lipinski definition) is 2. The maximum Gasteiger partial charge on any atom is 0.0596 e. The van der Waals surface area contributed by atoms with Crippen molar-refractivity contribution in [3.8, 4) is 0 Å². The number of nitrogens with one attached hydrogen (secondary N) is 1. The van der Waals surface area contributed by atoms with Crippen LogP contribution in [0, 0.1) is 12.8 Å². The zero-order chi connectivity index (χ0) is 15.0. The second kappa shape index (κ2) is 9.17. The fourth-order valence-corrected chi connectivity index (χ4v) is 3.09. The van der Waals surface area contributed by atoms with E-state index in [4.69, 9.17) is 0 Å². The monoisotopic (exact) mass is 279 g/mol. The van der Waals surface area contributed by atoms with Crippen molar-refractivity contribution in [2.24, 2.45) is 5.92 Å². The first-order valence-electron chi connectivity index (χ1n) is 8.42. The first-order chi connectivity index (χ1) is 9.65. The van der Waals surface area contributed by atoms with Gasteiger partial charge in [0.05, 0.1) is 5.69 Å². The van der Waals surface area contributed by atoms with Crippen LogP contribution < -0.4 is 5.32 Å². The second-order valence-corrected chi connectivity index (χ2v) is 5.77. The third kappa shape index (κ3) is 4.93. The van der Waals surface area contributed by atoms with Gasteiger partial charge in [0.25, 0.3) is 0 Å². The van der Waals surface area contributed by atoms with Crippen molar-refractivity contribution in [3.63, 3.8) is 0 Å². The molecule has 0 amide bonds. The number of likely N-dealkylation sites (N-methyl/N-ethyl adjacent to an activating group) is 1. The smallest absolute Gasteiger partial charge is 0.0596 e. The summed E-state index contributed by atoms with van der Waals surface area (Å²) < 4.78 is 2.16. The van der Waals surface area contributed by atoms with Gasteiger partial charge in [-0.3, -0.25) is 4.68 Å². The van der Waals surface area contributed by atoms with Gasteiger partial charge in [0.15, 0.2) is 0 Å². The molecule has 2 unspecified atom stereocenters. The van der Waals surface area contributed by atoms with Crippen molar-refractivity contribution in [1.82, 2.24) is 15.1 Å². The molecule has 0 bridgehead atoms. The molecule has 1 aromatic heterocycles. The minimum atomic E-state index is 0.581. The van der Waals surface area contributed by atoms with E-state index in [1.807, 2.05) is 0 Å². The van der Waals surface area contributed by atoms with E-state index in [1.165, 1.54) is 31.4 Å². The van der Waals surface area contributed by atoms with Crippen LogP contribution in [0.1, 0.15) is 64.8 Å². The average Bonchev–Trinajstić information content (AvgIpc) is 2.79. The quantitative estimate of drug-likeness (QED) is 0.703. The Bertz CT molecular complexity index is 370. The topological polar surface area (TPSA) is 29.9 Å². The van der Waals surface area contributed by atoms with Crippen molar-refractivity contribution >= 4 is 0 Å². The van der Waals surface area contributed by atoms with Gasteiger partial charge < -0.3 is 5.32 Å². The van der Waals surface area contributed by atoms with Gasteiger partial charge in [-0.2, -0.15) is 5.10 Å². The molecule has 0 aliphatic heterocycles. The Morgan fingerprint density at radius 1 is 1.25 bits per heavy atom. The summed E-state index contributed by atoms with van der Waals surface area (Å²) >= 11 is 0. The van der Waals surface area contributed by atoms with E-state index < -0.39 is 0 Å². The highest BCUT2D eigenvalue weighted by atomic mass is 15.3. The summed E-state index contributed by atoms with van der Waals surface area (Å²) in [6.45, 7) is 13.1. The molecule has 3 heteroatoms. The lowest BCUT2D eigenvalue weighted by Gasteiger charge is -2.27. The maximum absolute atomic E-state index is 4.58. The molecule has 0 fully saturated rings. The zero-order valence-corrected chi connectivity index (χ0v) is 14.1. The Morgan fingerprint density at radius 2 is 2.00 bits per heavy atom. The van der Waals surface area contributed by atoms with Crippen LogP contribution in [0.5, 0.6) is 0 Å². The van der Waals surface area contributed by atoms with Crippen LogP contribution in [-0.4, -0.2) is 22.4 Å². The van der Waals surface area contributed by atoms with Crippen LogP contribution in [0.2, 0.25) is 0 Å². The lowest BCUT2D eigenvalue weighted by molar-refractivity contribution is 0.314. The van der Waals surface area contributed by atoms with Crippen molar-refractivity contribution in [2.45, 2.75) is 79.3 Å². The first-order valence-corrected chi connectivity index (χ1v) is 8.42. The lowest BCUT2D eigenvalue weighted by atomic mass is 9.88. The van der Waals surface area contributed by atoms with Gasteiger partial charge in [-0.15, -0.1) is 0 Å². The molecular formula is C17H33N3. The van der Waals surface area contributed by atoms with Crippen molar-refractivity contribution in [2.75, 3.05) is 6.54 Å². The average molecular weight is 279 g/mol. The highest BCUT2D eigenvalue weighted by Gasteiger charge is 2.20. The Labute approximate surface area is 125 Å². The molecule has 0 aromatic carbocycles. The minimum absolute atomic E-state index is 0.581. The van der Waals surface area contributed by atoms with Crippen LogP contribution in [0.3, 0.4) is 0 Å². The predicted molar refractivity (Wildman–Crippen MR) is 87.1 cm³/mol. The maximum atomic E-state index is 4.58. The molecule has 1 aromatic rings. The van der Waals surface area contributed by atoms with E-state index in [1.54, 1.807) is 0 Å². The summed E-state index contributed by atoms with van der Waals surface area (Å²) in [6.07, 6.45) is 6.33. The normalized spacial score (nSPS) is 14.4. The molecule has 0 aliphatic carbocycles. The molecule has 116 valence electrons.